The van der Waals surface area contributed by atoms with Crippen molar-refractivity contribution in [3.8, 4) is 11.1 Å². The Kier molecular flexibility index (Phi) is 9.64. The number of carbonyl (C=O) groups excluding carboxylic acids is 3. The number of pyridine rings is 2. The number of carbonyl (C=O) groups is 3. The molecule has 2 N–H and O–H groups in total. The third-order valence-electron chi connectivity index (χ3n) is 7.64. The monoisotopic (exact) mass is 639 g/mol. The lowest BCUT2D eigenvalue weighted by molar-refractivity contribution is -0.137. The third-order valence-corrected chi connectivity index (χ3v) is 7.64. The number of nitrogens with zero attached hydrogens (tertiary/aromatic N) is 3. The number of rotatable bonds is 9. The van der Waals surface area contributed by atoms with Gasteiger partial charge in [0.2, 0.25) is 0 Å². The molecule has 3 aromatic carbocycles. The zero-order valence-electron chi connectivity index (χ0n) is 25.9. The van der Waals surface area contributed by atoms with Crippen LogP contribution in [0.5, 0.6) is 0 Å². The van der Waals surface area contributed by atoms with E-state index >= 15 is 0 Å². The number of aromatic nitrogens is 2. The van der Waals surface area contributed by atoms with Crippen molar-refractivity contribution in [1.29, 1.82) is 0 Å². The summed E-state index contributed by atoms with van der Waals surface area (Å²) in [5, 5.41) is 6.22. The maximum Gasteiger partial charge on any atom is 0.416 e. The Bertz CT molecular complexity index is 1910. The van der Waals surface area contributed by atoms with E-state index in [-0.39, 0.29) is 23.3 Å². The second-order valence-corrected chi connectivity index (χ2v) is 11.1. The second kappa shape index (κ2) is 13.8. The maximum atomic E-state index is 13.5. The van der Waals surface area contributed by atoms with Crippen LogP contribution in [0.3, 0.4) is 0 Å². The lowest BCUT2D eigenvalue weighted by Gasteiger charge is -2.29. The van der Waals surface area contributed by atoms with Crippen molar-refractivity contribution in [3.63, 3.8) is 0 Å². The van der Waals surface area contributed by atoms with Crippen LogP contribution < -0.4 is 10.6 Å². The molecule has 5 aromatic rings. The van der Waals surface area contributed by atoms with Crippen LogP contribution in [0.2, 0.25) is 0 Å². The number of hydrogen-bond acceptors (Lipinski definition) is 5. The highest BCUT2D eigenvalue weighted by molar-refractivity contribution is 6.09. The molecule has 0 aliphatic heterocycles. The number of benzene rings is 3. The van der Waals surface area contributed by atoms with E-state index in [1.54, 1.807) is 83.9 Å². The van der Waals surface area contributed by atoms with Gasteiger partial charge in [0, 0.05) is 35.3 Å². The first-order valence-electron chi connectivity index (χ1n) is 15.0. The zero-order valence-corrected chi connectivity index (χ0v) is 25.9. The van der Waals surface area contributed by atoms with Gasteiger partial charge in [0.25, 0.3) is 17.7 Å². The van der Waals surface area contributed by atoms with E-state index in [0.717, 1.165) is 12.1 Å². The van der Waals surface area contributed by atoms with Gasteiger partial charge in [-0.1, -0.05) is 36.4 Å². The van der Waals surface area contributed by atoms with E-state index in [4.69, 9.17) is 0 Å². The van der Waals surface area contributed by atoms with Crippen molar-refractivity contribution >= 4 is 34.4 Å². The number of anilines is 1. The number of amides is 3. The van der Waals surface area contributed by atoms with Crippen LogP contribution in [0.1, 0.15) is 58.8 Å². The molecule has 8 nitrogen and oxygen atoms in total. The van der Waals surface area contributed by atoms with Crippen molar-refractivity contribution in [3.05, 3.63) is 126 Å². The number of fused-ring (bicyclic) bond motifs is 1. The van der Waals surface area contributed by atoms with E-state index in [1.165, 1.54) is 12.1 Å². The molecule has 2 heterocycles. The molecule has 0 fully saturated rings. The zero-order chi connectivity index (χ0) is 33.7. The summed E-state index contributed by atoms with van der Waals surface area (Å²) in [6.45, 7) is 6.16. The van der Waals surface area contributed by atoms with Crippen molar-refractivity contribution in [2.75, 3.05) is 11.9 Å². The van der Waals surface area contributed by atoms with Crippen LogP contribution in [-0.4, -0.2) is 45.2 Å². The van der Waals surface area contributed by atoms with E-state index in [2.05, 4.69) is 20.6 Å². The number of hydrogen-bond donors (Lipinski definition) is 2. The van der Waals surface area contributed by atoms with Gasteiger partial charge in [-0.05, 0) is 92.6 Å². The van der Waals surface area contributed by atoms with Gasteiger partial charge in [0.05, 0.1) is 16.8 Å². The van der Waals surface area contributed by atoms with Crippen LogP contribution in [0.4, 0.5) is 19.0 Å². The Morgan fingerprint density at radius 3 is 2.23 bits per heavy atom. The lowest BCUT2D eigenvalue weighted by Crippen LogP contribution is -2.46. The Morgan fingerprint density at radius 2 is 1.57 bits per heavy atom. The number of halogens is 3. The molecule has 0 aliphatic carbocycles. The number of alkyl halides is 3. The number of likely N-dealkylation sites (N-methyl/N-ethyl adjacent to an activating group) is 1. The fourth-order valence-corrected chi connectivity index (χ4v) is 5.26. The minimum absolute atomic E-state index is 0.0738. The van der Waals surface area contributed by atoms with Crippen LogP contribution in [0, 0.1) is 0 Å². The number of nitrogens with one attached hydrogen (secondary N) is 2. The van der Waals surface area contributed by atoms with Crippen molar-refractivity contribution < 1.29 is 27.6 Å². The Labute approximate surface area is 269 Å². The van der Waals surface area contributed by atoms with Gasteiger partial charge in [0.1, 0.15) is 5.82 Å². The van der Waals surface area contributed by atoms with Crippen LogP contribution in [-0.2, 0) is 11.0 Å². The standard InChI is InChI=1S/C36H32F3N5O3/c1-4-44(22(2)3)35(47)32(30-11-7-8-20-40-30)43-33(45)25-14-18-29-24(21-25)15-19-31(41-29)42-34(46)28-10-6-5-9-27(28)23-12-16-26(17-13-23)36(37,38)39/h5-22,32H,4H2,1-3H3,(H,43,45)(H,41,42,46)/t32-/m0/s1. The molecule has 47 heavy (non-hydrogen) atoms. The summed E-state index contributed by atoms with van der Waals surface area (Å²) in [5.41, 5.74) is 1.64. The molecular formula is C36H32F3N5O3. The maximum absolute atomic E-state index is 13.5. The molecule has 0 radical (unpaired) electrons. The summed E-state index contributed by atoms with van der Waals surface area (Å²) in [5.74, 6) is -0.975. The van der Waals surface area contributed by atoms with E-state index in [0.29, 0.717) is 39.8 Å². The largest absolute Gasteiger partial charge is 0.416 e. The van der Waals surface area contributed by atoms with Gasteiger partial charge >= 0.3 is 6.18 Å². The Hall–Kier alpha value is -5.58. The summed E-state index contributed by atoms with van der Waals surface area (Å²) >= 11 is 0. The first kappa shape index (κ1) is 32.8. The highest BCUT2D eigenvalue weighted by Gasteiger charge is 2.31. The fraction of sp³-hybridized carbons (Fsp3) is 0.194. The summed E-state index contributed by atoms with van der Waals surface area (Å²) in [7, 11) is 0. The summed E-state index contributed by atoms with van der Waals surface area (Å²) in [4.78, 5) is 50.6. The lowest BCUT2D eigenvalue weighted by atomic mass is 9.98. The van der Waals surface area contributed by atoms with Crippen LogP contribution in [0.25, 0.3) is 22.0 Å². The molecule has 0 bridgehead atoms. The fourth-order valence-electron chi connectivity index (χ4n) is 5.26. The highest BCUT2D eigenvalue weighted by atomic mass is 19.4. The molecule has 5 rings (SSSR count). The summed E-state index contributed by atoms with van der Waals surface area (Å²) in [6.07, 6.45) is -2.90. The predicted molar refractivity (Wildman–Crippen MR) is 174 cm³/mol. The molecular weight excluding hydrogens is 607 g/mol. The Morgan fingerprint density at radius 1 is 0.851 bits per heavy atom. The topological polar surface area (TPSA) is 104 Å². The van der Waals surface area contributed by atoms with Crippen molar-refractivity contribution in [2.24, 2.45) is 0 Å². The predicted octanol–water partition coefficient (Wildman–Crippen LogP) is 7.30. The molecule has 0 unspecified atom stereocenters. The van der Waals surface area contributed by atoms with Crippen molar-refractivity contribution in [2.45, 2.75) is 39.0 Å². The molecule has 240 valence electrons. The van der Waals surface area contributed by atoms with Crippen molar-refractivity contribution in [1.82, 2.24) is 20.2 Å². The second-order valence-electron chi connectivity index (χ2n) is 11.1. The summed E-state index contributed by atoms with van der Waals surface area (Å²) in [6, 6.07) is 23.5. The van der Waals surface area contributed by atoms with E-state index in [1.807, 2.05) is 20.8 Å². The van der Waals surface area contributed by atoms with E-state index < -0.39 is 29.6 Å². The first-order valence-corrected chi connectivity index (χ1v) is 15.0. The van der Waals surface area contributed by atoms with Gasteiger partial charge in [-0.3, -0.25) is 19.4 Å². The van der Waals surface area contributed by atoms with E-state index in [9.17, 15) is 27.6 Å². The third kappa shape index (κ3) is 7.46. The van der Waals surface area contributed by atoms with Gasteiger partial charge in [-0.15, -0.1) is 0 Å². The molecule has 1 atom stereocenters. The first-order chi connectivity index (χ1) is 22.5. The van der Waals surface area contributed by atoms with Gasteiger partial charge in [-0.25, -0.2) is 4.98 Å². The summed E-state index contributed by atoms with van der Waals surface area (Å²) < 4.78 is 39.1. The molecule has 3 amide bonds. The highest BCUT2D eigenvalue weighted by Crippen LogP contribution is 2.32. The van der Waals surface area contributed by atoms with Gasteiger partial charge in [0.15, 0.2) is 6.04 Å². The molecule has 0 saturated heterocycles. The molecule has 0 saturated carbocycles. The Balaban J connectivity index is 1.34. The smallest absolute Gasteiger partial charge is 0.338 e. The molecule has 0 spiro atoms. The minimum atomic E-state index is -4.47. The van der Waals surface area contributed by atoms with Gasteiger partial charge < -0.3 is 15.5 Å². The molecule has 0 aliphatic rings. The SMILES string of the molecule is CCN(C(=O)[C@@H](NC(=O)c1ccc2nc(NC(=O)c3ccccc3-c3ccc(C(F)(F)F)cc3)ccc2c1)c1ccccn1)C(C)C. The average Bonchev–Trinajstić information content (AvgIpc) is 3.07. The van der Waals surface area contributed by atoms with Crippen LogP contribution in [0.15, 0.2) is 103 Å². The average molecular weight is 640 g/mol. The normalized spacial score (nSPS) is 12.1. The quantitative estimate of drug-likeness (QED) is 0.176. The van der Waals surface area contributed by atoms with Gasteiger partial charge in [-0.2, -0.15) is 13.2 Å². The van der Waals surface area contributed by atoms with Crippen LogP contribution >= 0.6 is 0 Å². The minimum Gasteiger partial charge on any atom is -0.338 e. The molecule has 2 aromatic heterocycles. The molecule has 11 heteroatoms.